The van der Waals surface area contributed by atoms with Gasteiger partial charge in [-0.2, -0.15) is 5.10 Å². The number of carbonyl (C=O) groups excluding carboxylic acids is 1. The van der Waals surface area contributed by atoms with Crippen LogP contribution in [0.5, 0.6) is 0 Å². The van der Waals surface area contributed by atoms with Crippen LogP contribution in [0.4, 0.5) is 4.39 Å². The van der Waals surface area contributed by atoms with Gasteiger partial charge in [-0.05, 0) is 60.2 Å². The summed E-state index contributed by atoms with van der Waals surface area (Å²) in [5.74, 6) is -0.550. The molecule has 2 N–H and O–H groups in total. The third-order valence-corrected chi connectivity index (χ3v) is 3.45. The van der Waals surface area contributed by atoms with Crippen molar-refractivity contribution in [2.75, 3.05) is 20.1 Å². The third kappa shape index (κ3) is 4.12. The van der Waals surface area contributed by atoms with Gasteiger partial charge in [-0.15, -0.1) is 0 Å². The summed E-state index contributed by atoms with van der Waals surface area (Å²) >= 11 is 3.32. The van der Waals surface area contributed by atoms with Crippen LogP contribution in [0.2, 0.25) is 0 Å². The first-order chi connectivity index (χ1) is 10.1. The van der Waals surface area contributed by atoms with E-state index in [2.05, 4.69) is 31.7 Å². The summed E-state index contributed by atoms with van der Waals surface area (Å²) in [6.07, 6.45) is 2.52. The Kier molecular flexibility index (Phi) is 5.46. The monoisotopic (exact) mass is 354 g/mol. The first-order valence-corrected chi connectivity index (χ1v) is 7.35. The van der Waals surface area contributed by atoms with E-state index in [4.69, 9.17) is 0 Å². The summed E-state index contributed by atoms with van der Waals surface area (Å²) in [5, 5.41) is 10.0. The zero-order valence-electron chi connectivity index (χ0n) is 11.6. The van der Waals surface area contributed by atoms with Crippen molar-refractivity contribution in [1.29, 1.82) is 0 Å². The molecule has 0 fully saturated rings. The number of nitrogens with zero attached hydrogens (tertiary/aromatic N) is 2. The highest BCUT2D eigenvalue weighted by molar-refractivity contribution is 9.10. The number of benzene rings is 1. The van der Waals surface area contributed by atoms with Crippen molar-refractivity contribution in [1.82, 2.24) is 20.4 Å². The average molecular weight is 355 g/mol. The van der Waals surface area contributed by atoms with E-state index in [0.717, 1.165) is 13.0 Å². The molecule has 0 radical (unpaired) electrons. The van der Waals surface area contributed by atoms with Crippen LogP contribution in [0.1, 0.15) is 16.9 Å². The first-order valence-electron chi connectivity index (χ1n) is 6.55. The third-order valence-electron chi connectivity index (χ3n) is 2.86. The molecule has 7 heteroatoms. The maximum atomic E-state index is 12.9. The Hall–Kier alpha value is -1.73. The molecule has 2 rings (SSSR count). The van der Waals surface area contributed by atoms with Crippen molar-refractivity contribution in [3.05, 3.63) is 46.4 Å². The number of hydrogen-bond donors (Lipinski definition) is 2. The summed E-state index contributed by atoms with van der Waals surface area (Å²) in [7, 11) is 1.86. The van der Waals surface area contributed by atoms with Gasteiger partial charge in [0.2, 0.25) is 0 Å². The van der Waals surface area contributed by atoms with Crippen LogP contribution in [0.3, 0.4) is 0 Å². The summed E-state index contributed by atoms with van der Waals surface area (Å²) in [6.45, 7) is 1.42. The molecule has 0 unspecified atom stereocenters. The Bertz CT molecular complexity index is 612. The highest BCUT2D eigenvalue weighted by Crippen LogP contribution is 2.18. The highest BCUT2D eigenvalue weighted by atomic mass is 79.9. The maximum Gasteiger partial charge on any atom is 0.272 e. The molecule has 2 aromatic rings. The Balaban J connectivity index is 2.08. The largest absolute Gasteiger partial charge is 0.351 e. The predicted molar refractivity (Wildman–Crippen MR) is 82.1 cm³/mol. The van der Waals surface area contributed by atoms with E-state index in [1.165, 1.54) is 16.8 Å². The second kappa shape index (κ2) is 7.33. The van der Waals surface area contributed by atoms with E-state index in [0.29, 0.717) is 22.4 Å². The van der Waals surface area contributed by atoms with Crippen LogP contribution in [0.15, 0.2) is 34.9 Å². The summed E-state index contributed by atoms with van der Waals surface area (Å²) in [4.78, 5) is 12.0. The van der Waals surface area contributed by atoms with Crippen LogP contribution in [0, 0.1) is 5.82 Å². The number of rotatable bonds is 6. The minimum atomic E-state index is -0.313. The van der Waals surface area contributed by atoms with E-state index in [1.54, 1.807) is 18.3 Å². The number of amides is 1. The highest BCUT2D eigenvalue weighted by Gasteiger charge is 2.15. The molecule has 112 valence electrons. The summed E-state index contributed by atoms with van der Waals surface area (Å²) in [6, 6.07) is 5.90. The standard InChI is InChI=1S/C14H16BrFN4O/c1-17-7-2-8-18-14(21)13-12(15)9-20(19-13)11-5-3-10(16)4-6-11/h3-6,9,17H,2,7-8H2,1H3,(H,18,21). The molecule has 1 amide bonds. The number of hydrogen-bond acceptors (Lipinski definition) is 3. The van der Waals surface area contributed by atoms with Crippen LogP contribution in [-0.2, 0) is 0 Å². The fourth-order valence-corrected chi connectivity index (χ4v) is 2.24. The molecule has 1 aromatic heterocycles. The van der Waals surface area contributed by atoms with Gasteiger partial charge in [0, 0.05) is 12.7 Å². The van der Waals surface area contributed by atoms with Crippen LogP contribution in [0.25, 0.3) is 5.69 Å². The number of carbonyl (C=O) groups is 1. The lowest BCUT2D eigenvalue weighted by Gasteiger charge is -2.03. The van der Waals surface area contributed by atoms with Gasteiger partial charge >= 0.3 is 0 Å². The molecule has 0 aliphatic rings. The second-order valence-electron chi connectivity index (χ2n) is 4.46. The summed E-state index contributed by atoms with van der Waals surface area (Å²) < 4.78 is 15.0. The van der Waals surface area contributed by atoms with Gasteiger partial charge in [-0.3, -0.25) is 4.79 Å². The van der Waals surface area contributed by atoms with Gasteiger partial charge in [0.05, 0.1) is 10.2 Å². The van der Waals surface area contributed by atoms with Gasteiger partial charge in [0.25, 0.3) is 5.91 Å². The molecule has 21 heavy (non-hydrogen) atoms. The van der Waals surface area contributed by atoms with Crippen LogP contribution >= 0.6 is 15.9 Å². The van der Waals surface area contributed by atoms with Gasteiger partial charge in [-0.1, -0.05) is 0 Å². The summed E-state index contributed by atoms with van der Waals surface area (Å²) in [5.41, 5.74) is 0.995. The van der Waals surface area contributed by atoms with E-state index in [9.17, 15) is 9.18 Å². The lowest BCUT2D eigenvalue weighted by molar-refractivity contribution is 0.0947. The normalized spacial score (nSPS) is 10.6. The Labute approximate surface area is 130 Å². The topological polar surface area (TPSA) is 58.9 Å². The fourth-order valence-electron chi connectivity index (χ4n) is 1.78. The van der Waals surface area contributed by atoms with Crippen molar-refractivity contribution in [2.24, 2.45) is 0 Å². The molecular weight excluding hydrogens is 339 g/mol. The van der Waals surface area contributed by atoms with Crippen LogP contribution < -0.4 is 10.6 Å². The Morgan fingerprint density at radius 2 is 2.05 bits per heavy atom. The van der Waals surface area contributed by atoms with Gasteiger partial charge in [-0.25, -0.2) is 9.07 Å². The quantitative estimate of drug-likeness (QED) is 0.781. The van der Waals surface area contributed by atoms with E-state index < -0.39 is 0 Å². The van der Waals surface area contributed by atoms with E-state index in [-0.39, 0.29) is 11.7 Å². The molecule has 0 aliphatic heterocycles. The zero-order valence-corrected chi connectivity index (χ0v) is 13.2. The molecule has 0 saturated carbocycles. The van der Waals surface area contributed by atoms with E-state index in [1.807, 2.05) is 7.05 Å². The predicted octanol–water partition coefficient (Wildman–Crippen LogP) is 2.11. The van der Waals surface area contributed by atoms with Crippen molar-refractivity contribution in [2.45, 2.75) is 6.42 Å². The van der Waals surface area contributed by atoms with Crippen molar-refractivity contribution < 1.29 is 9.18 Å². The molecule has 0 aliphatic carbocycles. The van der Waals surface area contributed by atoms with Gasteiger partial charge < -0.3 is 10.6 Å². The SMILES string of the molecule is CNCCCNC(=O)c1nn(-c2ccc(F)cc2)cc1Br. The lowest BCUT2D eigenvalue weighted by Crippen LogP contribution is -2.27. The molecule has 0 atom stereocenters. The molecule has 0 saturated heterocycles. The molecular formula is C14H16BrFN4O. The smallest absolute Gasteiger partial charge is 0.272 e. The lowest BCUT2D eigenvalue weighted by atomic mass is 10.3. The van der Waals surface area contributed by atoms with Gasteiger partial charge in [0.1, 0.15) is 5.82 Å². The average Bonchev–Trinajstić information content (AvgIpc) is 2.86. The Morgan fingerprint density at radius 3 is 2.71 bits per heavy atom. The van der Waals surface area contributed by atoms with E-state index >= 15 is 0 Å². The van der Waals surface area contributed by atoms with Gasteiger partial charge in [0.15, 0.2) is 5.69 Å². The maximum absolute atomic E-state index is 12.9. The number of halogens is 2. The zero-order chi connectivity index (χ0) is 15.2. The molecule has 0 bridgehead atoms. The molecule has 1 aromatic carbocycles. The molecule has 5 nitrogen and oxygen atoms in total. The van der Waals surface area contributed by atoms with Crippen LogP contribution in [-0.4, -0.2) is 35.8 Å². The van der Waals surface area contributed by atoms with Crippen molar-refractivity contribution in [3.63, 3.8) is 0 Å². The minimum Gasteiger partial charge on any atom is -0.351 e. The minimum absolute atomic E-state index is 0.237. The fraction of sp³-hybridized carbons (Fsp3) is 0.286. The van der Waals surface area contributed by atoms with Crippen molar-refractivity contribution >= 4 is 21.8 Å². The number of nitrogens with one attached hydrogen (secondary N) is 2. The first kappa shape index (κ1) is 15.7. The van der Waals surface area contributed by atoms with Crippen molar-refractivity contribution in [3.8, 4) is 5.69 Å². The second-order valence-corrected chi connectivity index (χ2v) is 5.31. The molecule has 0 spiro atoms. The number of aromatic nitrogens is 2. The molecule has 1 heterocycles. The Morgan fingerprint density at radius 1 is 1.33 bits per heavy atom.